The van der Waals surface area contributed by atoms with E-state index in [1.54, 1.807) is 19.2 Å². The molecule has 106 valence electrons. The van der Waals surface area contributed by atoms with E-state index in [2.05, 4.69) is 5.32 Å². The highest BCUT2D eigenvalue weighted by Gasteiger charge is 2.26. The molecule has 0 aliphatic carbocycles. The SMILES string of the molecule is CCc1ccccc1S(=O)(=O)N(C)CC1CCNC1. The summed E-state index contributed by atoms with van der Waals surface area (Å²) < 4.78 is 26.7. The van der Waals surface area contributed by atoms with Gasteiger partial charge in [0.05, 0.1) is 4.90 Å². The normalized spacial score (nSPS) is 20.1. The van der Waals surface area contributed by atoms with Crippen molar-refractivity contribution in [3.05, 3.63) is 29.8 Å². The minimum atomic E-state index is -3.36. The van der Waals surface area contributed by atoms with Gasteiger partial charge in [0.15, 0.2) is 0 Å². The lowest BCUT2D eigenvalue weighted by Gasteiger charge is -2.21. The van der Waals surface area contributed by atoms with Crippen molar-refractivity contribution in [1.29, 1.82) is 0 Å². The molecule has 1 fully saturated rings. The highest BCUT2D eigenvalue weighted by atomic mass is 32.2. The topological polar surface area (TPSA) is 49.4 Å². The van der Waals surface area contributed by atoms with Gasteiger partial charge in [0.2, 0.25) is 10.0 Å². The number of benzene rings is 1. The molecule has 1 saturated heterocycles. The van der Waals surface area contributed by atoms with Gasteiger partial charge in [0, 0.05) is 13.6 Å². The summed E-state index contributed by atoms with van der Waals surface area (Å²) in [5.41, 5.74) is 0.888. The molecule has 1 aliphatic heterocycles. The van der Waals surface area contributed by atoms with Gasteiger partial charge in [-0.1, -0.05) is 25.1 Å². The summed E-state index contributed by atoms with van der Waals surface area (Å²) in [6.07, 6.45) is 1.78. The fourth-order valence-electron chi connectivity index (χ4n) is 2.55. The summed E-state index contributed by atoms with van der Waals surface area (Å²) in [5, 5.41) is 3.27. The molecule has 1 aromatic rings. The summed E-state index contributed by atoms with van der Waals surface area (Å²) in [7, 11) is -1.68. The minimum Gasteiger partial charge on any atom is -0.316 e. The van der Waals surface area contributed by atoms with Crippen molar-refractivity contribution in [2.75, 3.05) is 26.7 Å². The van der Waals surface area contributed by atoms with E-state index in [1.165, 1.54) is 4.31 Å². The molecule has 0 saturated carbocycles. The molecular formula is C14H22N2O2S. The number of nitrogens with zero attached hydrogens (tertiary/aromatic N) is 1. The van der Waals surface area contributed by atoms with E-state index in [0.29, 0.717) is 17.4 Å². The van der Waals surface area contributed by atoms with Gasteiger partial charge in [-0.15, -0.1) is 0 Å². The second-order valence-corrected chi connectivity index (χ2v) is 7.12. The van der Waals surface area contributed by atoms with Crippen LogP contribution in [0.25, 0.3) is 0 Å². The van der Waals surface area contributed by atoms with Crippen LogP contribution in [0.3, 0.4) is 0 Å². The Labute approximate surface area is 115 Å². The van der Waals surface area contributed by atoms with Gasteiger partial charge >= 0.3 is 0 Å². The predicted molar refractivity (Wildman–Crippen MR) is 76.6 cm³/mol. The first-order chi connectivity index (χ1) is 9.05. The van der Waals surface area contributed by atoms with E-state index >= 15 is 0 Å². The molecule has 1 aliphatic rings. The van der Waals surface area contributed by atoms with Crippen LogP contribution in [0, 0.1) is 5.92 Å². The van der Waals surface area contributed by atoms with Gasteiger partial charge in [-0.3, -0.25) is 0 Å². The number of aryl methyl sites for hydroxylation is 1. The highest BCUT2D eigenvalue weighted by molar-refractivity contribution is 7.89. The quantitative estimate of drug-likeness (QED) is 0.890. The summed E-state index contributed by atoms with van der Waals surface area (Å²) in [6.45, 7) is 4.47. The zero-order chi connectivity index (χ0) is 13.9. The second-order valence-electron chi connectivity index (χ2n) is 5.11. The second kappa shape index (κ2) is 6.03. The third-order valence-corrected chi connectivity index (χ3v) is 5.64. The maximum Gasteiger partial charge on any atom is 0.243 e. The van der Waals surface area contributed by atoms with Crippen molar-refractivity contribution in [3.8, 4) is 0 Å². The van der Waals surface area contributed by atoms with Crippen LogP contribution >= 0.6 is 0 Å². The maximum absolute atomic E-state index is 12.6. The summed E-state index contributed by atoms with van der Waals surface area (Å²) in [5.74, 6) is 0.425. The minimum absolute atomic E-state index is 0.425. The number of hydrogen-bond donors (Lipinski definition) is 1. The Balaban J connectivity index is 2.20. The van der Waals surface area contributed by atoms with Crippen LogP contribution < -0.4 is 5.32 Å². The molecule has 1 aromatic carbocycles. The molecule has 1 heterocycles. The first-order valence-electron chi connectivity index (χ1n) is 6.80. The highest BCUT2D eigenvalue weighted by Crippen LogP contribution is 2.21. The fraction of sp³-hybridized carbons (Fsp3) is 0.571. The molecule has 0 bridgehead atoms. The third kappa shape index (κ3) is 3.16. The van der Waals surface area contributed by atoms with E-state index in [0.717, 1.165) is 31.5 Å². The Morgan fingerprint density at radius 1 is 1.37 bits per heavy atom. The van der Waals surface area contributed by atoms with Crippen LogP contribution in [0.5, 0.6) is 0 Å². The van der Waals surface area contributed by atoms with E-state index in [1.807, 2.05) is 19.1 Å². The van der Waals surface area contributed by atoms with E-state index in [-0.39, 0.29) is 0 Å². The molecule has 4 nitrogen and oxygen atoms in total. The third-order valence-electron chi connectivity index (χ3n) is 3.72. The first-order valence-corrected chi connectivity index (χ1v) is 8.24. The molecule has 0 amide bonds. The Bertz CT molecular complexity index is 522. The largest absolute Gasteiger partial charge is 0.316 e. The molecule has 5 heteroatoms. The predicted octanol–water partition coefficient (Wildman–Crippen LogP) is 1.48. The Hall–Kier alpha value is -0.910. The summed E-state index contributed by atoms with van der Waals surface area (Å²) in [6, 6.07) is 7.27. The monoisotopic (exact) mass is 282 g/mol. The molecule has 0 aromatic heterocycles. The van der Waals surface area contributed by atoms with Crippen molar-refractivity contribution >= 4 is 10.0 Å². The fourth-order valence-corrected chi connectivity index (χ4v) is 4.08. The number of sulfonamides is 1. The molecule has 1 N–H and O–H groups in total. The molecule has 19 heavy (non-hydrogen) atoms. The standard InChI is InChI=1S/C14H22N2O2S/c1-3-13-6-4-5-7-14(13)19(17,18)16(2)11-12-8-9-15-10-12/h4-7,12,15H,3,8-11H2,1-2H3. The van der Waals surface area contributed by atoms with E-state index in [4.69, 9.17) is 0 Å². The average molecular weight is 282 g/mol. The lowest BCUT2D eigenvalue weighted by Crippen LogP contribution is -2.33. The van der Waals surface area contributed by atoms with Crippen LogP contribution in [0.15, 0.2) is 29.2 Å². The molecular weight excluding hydrogens is 260 g/mol. The summed E-state index contributed by atoms with van der Waals surface area (Å²) >= 11 is 0. The molecule has 0 radical (unpaired) electrons. The van der Waals surface area contributed by atoms with Gasteiger partial charge in [-0.05, 0) is 43.5 Å². The first kappa shape index (κ1) is 14.5. The molecule has 0 spiro atoms. The van der Waals surface area contributed by atoms with Crippen LogP contribution in [-0.2, 0) is 16.4 Å². The van der Waals surface area contributed by atoms with Crippen molar-refractivity contribution in [1.82, 2.24) is 9.62 Å². The zero-order valence-corrected chi connectivity index (χ0v) is 12.4. The van der Waals surface area contributed by atoms with E-state index < -0.39 is 10.0 Å². The van der Waals surface area contributed by atoms with Gasteiger partial charge in [0.1, 0.15) is 0 Å². The molecule has 2 rings (SSSR count). The van der Waals surface area contributed by atoms with Crippen molar-refractivity contribution < 1.29 is 8.42 Å². The number of nitrogens with one attached hydrogen (secondary N) is 1. The number of rotatable bonds is 5. The molecule has 1 unspecified atom stereocenters. The van der Waals surface area contributed by atoms with Crippen LogP contribution in [0.1, 0.15) is 18.9 Å². The lowest BCUT2D eigenvalue weighted by atomic mass is 10.1. The maximum atomic E-state index is 12.6. The summed E-state index contributed by atoms with van der Waals surface area (Å²) in [4.78, 5) is 0.450. The molecule has 1 atom stereocenters. The van der Waals surface area contributed by atoms with Crippen molar-refractivity contribution in [2.45, 2.75) is 24.7 Å². The van der Waals surface area contributed by atoms with Crippen LogP contribution in [0.4, 0.5) is 0 Å². The van der Waals surface area contributed by atoms with Crippen molar-refractivity contribution in [2.24, 2.45) is 5.92 Å². The van der Waals surface area contributed by atoms with Crippen LogP contribution in [0.2, 0.25) is 0 Å². The van der Waals surface area contributed by atoms with E-state index in [9.17, 15) is 8.42 Å². The smallest absolute Gasteiger partial charge is 0.243 e. The van der Waals surface area contributed by atoms with Crippen molar-refractivity contribution in [3.63, 3.8) is 0 Å². The zero-order valence-electron chi connectivity index (χ0n) is 11.6. The average Bonchev–Trinajstić information content (AvgIpc) is 2.91. The Morgan fingerprint density at radius 2 is 2.11 bits per heavy atom. The van der Waals surface area contributed by atoms with Gasteiger partial charge in [-0.2, -0.15) is 0 Å². The van der Waals surface area contributed by atoms with Gasteiger partial charge in [0.25, 0.3) is 0 Å². The lowest BCUT2D eigenvalue weighted by molar-refractivity contribution is 0.399. The van der Waals surface area contributed by atoms with Crippen LogP contribution in [-0.4, -0.2) is 39.4 Å². The Kier molecular flexibility index (Phi) is 4.60. The van der Waals surface area contributed by atoms with Gasteiger partial charge in [-0.25, -0.2) is 12.7 Å². The Morgan fingerprint density at radius 3 is 2.74 bits per heavy atom. The van der Waals surface area contributed by atoms with Gasteiger partial charge < -0.3 is 5.32 Å². The number of hydrogen-bond acceptors (Lipinski definition) is 3.